The first-order chi connectivity index (χ1) is 21.2. The predicted octanol–water partition coefficient (Wildman–Crippen LogP) is -1.37. The number of sulfonamides is 1. The van der Waals surface area contributed by atoms with Crippen molar-refractivity contribution in [3.63, 3.8) is 0 Å². The molecule has 10 unspecified atom stereocenters. The van der Waals surface area contributed by atoms with E-state index in [9.17, 15) is 43.5 Å². The van der Waals surface area contributed by atoms with Gasteiger partial charge in [-0.3, -0.25) is 14.3 Å². The van der Waals surface area contributed by atoms with Gasteiger partial charge in [-0.05, 0) is 31.2 Å². The van der Waals surface area contributed by atoms with Crippen molar-refractivity contribution in [3.8, 4) is 11.5 Å². The SMILES string of the molecule is CC(=O)NC1C(C)OC(CO)C(O)C1OC1OC(C(=O)Nc2ccc(NS(C)(=O)=O)c(Oc3ccccc3)c2)C(O)C(O)C1O. The number of carbonyl (C=O) groups is 2. The summed E-state index contributed by atoms with van der Waals surface area (Å²) in [6, 6.07) is 11.4. The lowest BCUT2D eigenvalue weighted by Gasteiger charge is -2.47. The molecular weight excluding hydrogens is 618 g/mol. The molecule has 4 rings (SSSR count). The third-order valence-corrected chi connectivity index (χ3v) is 7.74. The second kappa shape index (κ2) is 14.4. The standard InChI is InChI=1S/C28H37N3O13S/c1-13-20(29-14(2)33)25(21(34)19(12-32)41-13)43-28-24(37)22(35)23(36)26(44-28)27(38)30-15-9-10-17(31-45(3,39)40)18(11-15)42-16-7-5-4-6-8-16/h4-11,13,19-26,28,31-32,34-37H,12H2,1-3H3,(H,29,33)(H,30,38). The van der Waals surface area contributed by atoms with E-state index in [4.69, 9.17) is 18.9 Å². The van der Waals surface area contributed by atoms with Crippen LogP contribution in [0.25, 0.3) is 0 Å². The Kier molecular flexibility index (Phi) is 11.0. The molecule has 2 fully saturated rings. The number of amides is 2. The van der Waals surface area contributed by atoms with E-state index in [-0.39, 0.29) is 17.1 Å². The number of benzene rings is 2. The number of aliphatic hydroxyl groups is 5. The molecule has 0 aromatic heterocycles. The number of carbonyl (C=O) groups excluding carboxylic acids is 2. The van der Waals surface area contributed by atoms with Gasteiger partial charge in [-0.2, -0.15) is 0 Å². The Bertz CT molecular complexity index is 1450. The molecule has 0 aliphatic carbocycles. The van der Waals surface area contributed by atoms with Gasteiger partial charge in [0.1, 0.15) is 42.4 Å². The van der Waals surface area contributed by atoms with Gasteiger partial charge < -0.3 is 55.1 Å². The zero-order chi connectivity index (χ0) is 33.1. The van der Waals surface area contributed by atoms with Crippen LogP contribution in [-0.2, 0) is 33.8 Å². The molecule has 16 nitrogen and oxygen atoms in total. The van der Waals surface area contributed by atoms with Crippen LogP contribution in [0.4, 0.5) is 11.4 Å². The predicted molar refractivity (Wildman–Crippen MR) is 157 cm³/mol. The van der Waals surface area contributed by atoms with Gasteiger partial charge >= 0.3 is 0 Å². The third-order valence-electron chi connectivity index (χ3n) is 7.15. The van der Waals surface area contributed by atoms with Crippen molar-refractivity contribution >= 4 is 33.2 Å². The average molecular weight is 656 g/mol. The summed E-state index contributed by atoms with van der Waals surface area (Å²) in [5.41, 5.74) is 0.156. The highest BCUT2D eigenvalue weighted by atomic mass is 32.2. The summed E-state index contributed by atoms with van der Waals surface area (Å²) in [7, 11) is -3.70. The minimum atomic E-state index is -3.70. The molecule has 17 heteroatoms. The molecule has 45 heavy (non-hydrogen) atoms. The van der Waals surface area contributed by atoms with E-state index in [1.54, 1.807) is 37.3 Å². The Balaban J connectivity index is 1.56. The Morgan fingerprint density at radius 2 is 1.64 bits per heavy atom. The van der Waals surface area contributed by atoms with Crippen molar-refractivity contribution in [2.75, 3.05) is 22.9 Å². The van der Waals surface area contributed by atoms with Crippen molar-refractivity contribution in [2.45, 2.75) is 75.0 Å². The summed E-state index contributed by atoms with van der Waals surface area (Å²) in [5, 5.41) is 57.4. The van der Waals surface area contributed by atoms with E-state index in [2.05, 4.69) is 15.4 Å². The molecule has 0 bridgehead atoms. The molecule has 8 N–H and O–H groups in total. The average Bonchev–Trinajstić information content (AvgIpc) is 2.97. The Morgan fingerprint density at radius 3 is 2.27 bits per heavy atom. The van der Waals surface area contributed by atoms with Gasteiger partial charge in [0, 0.05) is 18.7 Å². The van der Waals surface area contributed by atoms with E-state index < -0.39 is 89.6 Å². The molecule has 10 atom stereocenters. The number of rotatable bonds is 10. The van der Waals surface area contributed by atoms with E-state index in [1.807, 2.05) is 0 Å². The van der Waals surface area contributed by atoms with Crippen LogP contribution in [0.1, 0.15) is 13.8 Å². The third kappa shape index (κ3) is 8.46. The monoisotopic (exact) mass is 655 g/mol. The van der Waals surface area contributed by atoms with Crippen LogP contribution in [-0.4, -0.2) is 120 Å². The second-order valence-electron chi connectivity index (χ2n) is 10.8. The quantitative estimate of drug-likeness (QED) is 0.147. The molecule has 0 saturated carbocycles. The minimum absolute atomic E-state index is 0.0243. The van der Waals surface area contributed by atoms with Crippen LogP contribution >= 0.6 is 0 Å². The van der Waals surface area contributed by atoms with E-state index in [1.165, 1.54) is 25.1 Å². The van der Waals surface area contributed by atoms with Crippen LogP contribution in [0.3, 0.4) is 0 Å². The number of hydrogen-bond acceptors (Lipinski definition) is 13. The summed E-state index contributed by atoms with van der Waals surface area (Å²) < 4.78 is 48.9. The largest absolute Gasteiger partial charge is 0.455 e. The number of ether oxygens (including phenoxy) is 4. The summed E-state index contributed by atoms with van der Waals surface area (Å²) in [5.74, 6) is -1.09. The van der Waals surface area contributed by atoms with Crippen molar-refractivity contribution in [3.05, 3.63) is 48.5 Å². The molecule has 2 aromatic rings. The number of anilines is 2. The molecule has 2 aromatic carbocycles. The summed E-state index contributed by atoms with van der Waals surface area (Å²) in [6.07, 6.45) is -13.2. The van der Waals surface area contributed by atoms with E-state index >= 15 is 0 Å². The fourth-order valence-electron chi connectivity index (χ4n) is 5.01. The van der Waals surface area contributed by atoms with Crippen molar-refractivity contribution in [1.82, 2.24) is 5.32 Å². The summed E-state index contributed by atoms with van der Waals surface area (Å²) >= 11 is 0. The zero-order valence-corrected chi connectivity index (χ0v) is 25.3. The van der Waals surface area contributed by atoms with E-state index in [0.717, 1.165) is 6.26 Å². The van der Waals surface area contributed by atoms with Gasteiger partial charge in [0.15, 0.2) is 18.1 Å². The maximum absolute atomic E-state index is 13.3. The lowest BCUT2D eigenvalue weighted by atomic mass is 9.92. The zero-order valence-electron chi connectivity index (χ0n) is 24.5. The van der Waals surface area contributed by atoms with Crippen molar-refractivity contribution in [2.24, 2.45) is 0 Å². The van der Waals surface area contributed by atoms with Crippen LogP contribution in [0, 0.1) is 0 Å². The maximum Gasteiger partial charge on any atom is 0.256 e. The number of nitrogens with one attached hydrogen (secondary N) is 3. The Labute approximate surface area is 258 Å². The van der Waals surface area contributed by atoms with Crippen molar-refractivity contribution in [1.29, 1.82) is 0 Å². The molecule has 2 amide bonds. The fraction of sp³-hybridized carbons (Fsp3) is 0.500. The van der Waals surface area contributed by atoms with Crippen LogP contribution in [0.15, 0.2) is 48.5 Å². The normalized spacial score (nSPS) is 31.9. The summed E-state index contributed by atoms with van der Waals surface area (Å²) in [4.78, 5) is 25.2. The van der Waals surface area contributed by atoms with E-state index in [0.29, 0.717) is 5.75 Å². The first-order valence-electron chi connectivity index (χ1n) is 13.9. The topological polar surface area (TPSA) is 242 Å². The van der Waals surface area contributed by atoms with Gasteiger partial charge in [-0.15, -0.1) is 0 Å². The fourth-order valence-corrected chi connectivity index (χ4v) is 5.58. The van der Waals surface area contributed by atoms with Crippen LogP contribution in [0.5, 0.6) is 11.5 Å². The molecule has 2 heterocycles. The number of para-hydroxylation sites is 1. The highest BCUT2D eigenvalue weighted by Crippen LogP contribution is 2.34. The van der Waals surface area contributed by atoms with Crippen molar-refractivity contribution < 1.29 is 62.5 Å². The van der Waals surface area contributed by atoms with Crippen LogP contribution < -0.4 is 20.1 Å². The molecule has 2 saturated heterocycles. The second-order valence-corrected chi connectivity index (χ2v) is 12.5. The highest BCUT2D eigenvalue weighted by molar-refractivity contribution is 7.92. The number of aliphatic hydroxyl groups excluding tert-OH is 5. The van der Waals surface area contributed by atoms with Gasteiger partial charge in [0.2, 0.25) is 15.9 Å². The van der Waals surface area contributed by atoms with Gasteiger partial charge in [0.25, 0.3) is 5.91 Å². The van der Waals surface area contributed by atoms with Gasteiger partial charge in [-0.25, -0.2) is 8.42 Å². The van der Waals surface area contributed by atoms with Gasteiger partial charge in [0.05, 0.1) is 30.7 Å². The molecule has 248 valence electrons. The van der Waals surface area contributed by atoms with Gasteiger partial charge in [-0.1, -0.05) is 18.2 Å². The Morgan fingerprint density at radius 1 is 0.956 bits per heavy atom. The lowest BCUT2D eigenvalue weighted by Crippen LogP contribution is -2.67. The minimum Gasteiger partial charge on any atom is -0.455 e. The molecule has 2 aliphatic rings. The summed E-state index contributed by atoms with van der Waals surface area (Å²) in [6.45, 7) is 2.18. The Hall–Kier alpha value is -3.39. The lowest BCUT2D eigenvalue weighted by molar-refractivity contribution is -0.323. The van der Waals surface area contributed by atoms with Crippen LogP contribution in [0.2, 0.25) is 0 Å². The first kappa shape index (κ1) is 34.5. The number of hydrogen-bond donors (Lipinski definition) is 8. The highest BCUT2D eigenvalue weighted by Gasteiger charge is 2.51. The maximum atomic E-state index is 13.3. The molecular formula is C28H37N3O13S. The molecule has 0 spiro atoms. The molecule has 2 aliphatic heterocycles. The molecule has 0 radical (unpaired) electrons. The smallest absolute Gasteiger partial charge is 0.256 e. The first-order valence-corrected chi connectivity index (χ1v) is 15.8.